The van der Waals surface area contributed by atoms with Crippen LogP contribution in [0.15, 0.2) is 0 Å². The van der Waals surface area contributed by atoms with Gasteiger partial charge in [-0.1, -0.05) is 19.8 Å². The molecule has 1 unspecified atom stereocenters. The molecule has 0 aliphatic carbocycles. The number of hydrogen-bond acceptors (Lipinski definition) is 4. The largest absolute Gasteiger partial charge is 0.382 e. The van der Waals surface area contributed by atoms with E-state index in [2.05, 4.69) is 19.2 Å². The minimum Gasteiger partial charge on any atom is -0.382 e. The zero-order chi connectivity index (χ0) is 12.8. The predicted octanol–water partition coefficient (Wildman–Crippen LogP) is 1.83. The SMILES string of the molecule is CCCCC(C)NCCOCCOCCOC. The van der Waals surface area contributed by atoms with Gasteiger partial charge in [-0.15, -0.1) is 0 Å². The molecule has 0 aromatic heterocycles. The molecule has 0 spiro atoms. The second-order valence-electron chi connectivity index (χ2n) is 4.21. The Morgan fingerprint density at radius 2 is 1.65 bits per heavy atom. The van der Waals surface area contributed by atoms with Gasteiger partial charge in [0.05, 0.1) is 33.0 Å². The highest BCUT2D eigenvalue weighted by molar-refractivity contribution is 4.59. The fourth-order valence-corrected chi connectivity index (χ4v) is 1.45. The molecule has 0 saturated carbocycles. The molecule has 0 heterocycles. The maximum Gasteiger partial charge on any atom is 0.0701 e. The number of hydrogen-bond donors (Lipinski definition) is 1. The summed E-state index contributed by atoms with van der Waals surface area (Å²) in [4.78, 5) is 0. The maximum atomic E-state index is 5.44. The fourth-order valence-electron chi connectivity index (χ4n) is 1.45. The molecule has 0 aromatic rings. The van der Waals surface area contributed by atoms with Crippen molar-refractivity contribution in [1.82, 2.24) is 5.32 Å². The standard InChI is InChI=1S/C13H29NO3/c1-4-5-6-13(2)14-7-8-16-11-12-17-10-9-15-3/h13-14H,4-12H2,1-3H3. The van der Waals surface area contributed by atoms with Crippen molar-refractivity contribution in [1.29, 1.82) is 0 Å². The van der Waals surface area contributed by atoms with Crippen LogP contribution in [-0.4, -0.2) is 52.7 Å². The molecule has 104 valence electrons. The van der Waals surface area contributed by atoms with Gasteiger partial charge in [0.1, 0.15) is 0 Å². The maximum absolute atomic E-state index is 5.44. The van der Waals surface area contributed by atoms with Crippen molar-refractivity contribution in [3.63, 3.8) is 0 Å². The van der Waals surface area contributed by atoms with E-state index in [-0.39, 0.29) is 0 Å². The lowest BCUT2D eigenvalue weighted by atomic mass is 10.1. The lowest BCUT2D eigenvalue weighted by molar-refractivity contribution is 0.0252. The lowest BCUT2D eigenvalue weighted by Gasteiger charge is -2.13. The van der Waals surface area contributed by atoms with Crippen LogP contribution >= 0.6 is 0 Å². The first-order chi connectivity index (χ1) is 8.31. The summed E-state index contributed by atoms with van der Waals surface area (Å²) in [6.45, 7) is 8.72. The molecule has 0 saturated heterocycles. The third kappa shape index (κ3) is 13.8. The Morgan fingerprint density at radius 1 is 1.00 bits per heavy atom. The number of ether oxygens (including phenoxy) is 3. The Hall–Kier alpha value is -0.160. The van der Waals surface area contributed by atoms with Crippen molar-refractivity contribution in [3.05, 3.63) is 0 Å². The van der Waals surface area contributed by atoms with Gasteiger partial charge in [-0.3, -0.25) is 0 Å². The Morgan fingerprint density at radius 3 is 2.29 bits per heavy atom. The van der Waals surface area contributed by atoms with Crippen molar-refractivity contribution in [2.45, 2.75) is 39.2 Å². The molecule has 1 atom stereocenters. The molecule has 1 N–H and O–H groups in total. The highest BCUT2D eigenvalue weighted by atomic mass is 16.5. The van der Waals surface area contributed by atoms with E-state index in [4.69, 9.17) is 14.2 Å². The first kappa shape index (κ1) is 16.8. The van der Waals surface area contributed by atoms with Crippen LogP contribution in [0.5, 0.6) is 0 Å². The van der Waals surface area contributed by atoms with Crippen molar-refractivity contribution in [2.24, 2.45) is 0 Å². The fraction of sp³-hybridized carbons (Fsp3) is 1.00. The number of methoxy groups -OCH3 is 1. The molecule has 0 amide bonds. The van der Waals surface area contributed by atoms with Gasteiger partial charge >= 0.3 is 0 Å². The second kappa shape index (κ2) is 13.9. The molecule has 0 fully saturated rings. The Kier molecular flexibility index (Phi) is 13.8. The monoisotopic (exact) mass is 247 g/mol. The van der Waals surface area contributed by atoms with Crippen molar-refractivity contribution in [2.75, 3.05) is 46.7 Å². The minimum atomic E-state index is 0.594. The van der Waals surface area contributed by atoms with Crippen molar-refractivity contribution in [3.8, 4) is 0 Å². The zero-order valence-corrected chi connectivity index (χ0v) is 11.7. The van der Waals surface area contributed by atoms with Gasteiger partial charge in [0.15, 0.2) is 0 Å². The summed E-state index contributed by atoms with van der Waals surface area (Å²) < 4.78 is 15.6. The van der Waals surface area contributed by atoms with Crippen molar-refractivity contribution < 1.29 is 14.2 Å². The summed E-state index contributed by atoms with van der Waals surface area (Å²) in [6.07, 6.45) is 3.81. The summed E-state index contributed by atoms with van der Waals surface area (Å²) in [6, 6.07) is 0.594. The molecule has 0 aromatic carbocycles. The van der Waals surface area contributed by atoms with E-state index in [1.807, 2.05) is 0 Å². The van der Waals surface area contributed by atoms with Crippen LogP contribution in [0.3, 0.4) is 0 Å². The summed E-state index contributed by atoms with van der Waals surface area (Å²) in [7, 11) is 1.67. The van der Waals surface area contributed by atoms with E-state index in [9.17, 15) is 0 Å². The molecule has 0 aliphatic rings. The highest BCUT2D eigenvalue weighted by Crippen LogP contribution is 1.98. The van der Waals surface area contributed by atoms with E-state index in [1.165, 1.54) is 19.3 Å². The van der Waals surface area contributed by atoms with E-state index in [0.29, 0.717) is 32.5 Å². The highest BCUT2D eigenvalue weighted by Gasteiger charge is 1.99. The molecule has 4 nitrogen and oxygen atoms in total. The van der Waals surface area contributed by atoms with E-state index < -0.39 is 0 Å². The average Bonchev–Trinajstić information content (AvgIpc) is 2.34. The quantitative estimate of drug-likeness (QED) is 0.504. The summed E-state index contributed by atoms with van der Waals surface area (Å²) in [5, 5.41) is 3.44. The Bertz CT molecular complexity index is 145. The third-order valence-corrected chi connectivity index (χ3v) is 2.53. The van der Waals surface area contributed by atoms with Crippen LogP contribution in [0.1, 0.15) is 33.1 Å². The van der Waals surface area contributed by atoms with Crippen molar-refractivity contribution >= 4 is 0 Å². The first-order valence-corrected chi connectivity index (χ1v) is 6.69. The molecule has 17 heavy (non-hydrogen) atoms. The number of unbranched alkanes of at least 4 members (excludes halogenated alkanes) is 1. The van der Waals surface area contributed by atoms with Crippen LogP contribution < -0.4 is 5.32 Å². The van der Waals surface area contributed by atoms with Gasteiger partial charge in [-0.25, -0.2) is 0 Å². The van der Waals surface area contributed by atoms with Crippen LogP contribution in [0.2, 0.25) is 0 Å². The normalized spacial score (nSPS) is 12.9. The lowest BCUT2D eigenvalue weighted by Crippen LogP contribution is -2.29. The van der Waals surface area contributed by atoms with Gasteiger partial charge < -0.3 is 19.5 Å². The average molecular weight is 247 g/mol. The van der Waals surface area contributed by atoms with Crippen LogP contribution in [-0.2, 0) is 14.2 Å². The van der Waals surface area contributed by atoms with Crippen LogP contribution in [0, 0.1) is 0 Å². The number of nitrogens with one attached hydrogen (secondary N) is 1. The van der Waals surface area contributed by atoms with Gasteiger partial charge in [0.25, 0.3) is 0 Å². The van der Waals surface area contributed by atoms with Gasteiger partial charge in [-0.2, -0.15) is 0 Å². The molecule has 0 bridgehead atoms. The molecule has 0 radical (unpaired) electrons. The smallest absolute Gasteiger partial charge is 0.0701 e. The molecule has 0 aliphatic heterocycles. The first-order valence-electron chi connectivity index (χ1n) is 6.69. The summed E-state index contributed by atoms with van der Waals surface area (Å²) in [5.74, 6) is 0. The van der Waals surface area contributed by atoms with E-state index in [1.54, 1.807) is 7.11 Å². The van der Waals surface area contributed by atoms with Crippen LogP contribution in [0.25, 0.3) is 0 Å². The molecular formula is C13H29NO3. The van der Waals surface area contributed by atoms with Gasteiger partial charge in [0.2, 0.25) is 0 Å². The molecule has 4 heteroatoms. The minimum absolute atomic E-state index is 0.594. The van der Waals surface area contributed by atoms with Gasteiger partial charge in [0, 0.05) is 19.7 Å². The Balaban J connectivity index is 3.02. The van der Waals surface area contributed by atoms with E-state index in [0.717, 1.165) is 13.2 Å². The summed E-state index contributed by atoms with van der Waals surface area (Å²) in [5.41, 5.74) is 0. The predicted molar refractivity (Wildman–Crippen MR) is 70.5 cm³/mol. The van der Waals surface area contributed by atoms with E-state index >= 15 is 0 Å². The topological polar surface area (TPSA) is 39.7 Å². The summed E-state index contributed by atoms with van der Waals surface area (Å²) >= 11 is 0. The van der Waals surface area contributed by atoms with Crippen LogP contribution in [0.4, 0.5) is 0 Å². The van der Waals surface area contributed by atoms with Gasteiger partial charge in [-0.05, 0) is 13.3 Å². The second-order valence-corrected chi connectivity index (χ2v) is 4.21. The number of rotatable bonds is 13. The Labute approximate surface area is 106 Å². The zero-order valence-electron chi connectivity index (χ0n) is 11.7. The third-order valence-electron chi connectivity index (χ3n) is 2.53. The molecular weight excluding hydrogens is 218 g/mol. The molecule has 0 rings (SSSR count).